The number of carbonyl (C=O) groups excluding carboxylic acids is 1. The van der Waals surface area contributed by atoms with Crippen molar-refractivity contribution in [3.8, 4) is 5.69 Å². The molecule has 0 radical (unpaired) electrons. The molecule has 1 aromatic carbocycles. The molecule has 1 fully saturated rings. The van der Waals surface area contributed by atoms with Gasteiger partial charge in [0.1, 0.15) is 0 Å². The van der Waals surface area contributed by atoms with Crippen LogP contribution < -0.4 is 10.6 Å². The van der Waals surface area contributed by atoms with Crippen molar-refractivity contribution in [1.82, 2.24) is 25.6 Å². The molecule has 0 bridgehead atoms. The summed E-state index contributed by atoms with van der Waals surface area (Å²) in [5.41, 5.74) is 1.97. The highest BCUT2D eigenvalue weighted by atomic mass is 16.5. The van der Waals surface area contributed by atoms with E-state index >= 15 is 0 Å². The monoisotopic (exact) mass is 343 g/mol. The Morgan fingerprint density at radius 3 is 2.88 bits per heavy atom. The molecule has 7 heteroatoms. The summed E-state index contributed by atoms with van der Waals surface area (Å²) < 4.78 is 7.37. The molecule has 1 aromatic heterocycles. The Morgan fingerprint density at radius 1 is 1.36 bits per heavy atom. The fourth-order valence-corrected chi connectivity index (χ4v) is 2.97. The summed E-state index contributed by atoms with van der Waals surface area (Å²) in [7, 11) is 0. The van der Waals surface area contributed by atoms with Crippen LogP contribution in [0.3, 0.4) is 0 Å². The highest BCUT2D eigenvalue weighted by Crippen LogP contribution is 2.16. The zero-order chi connectivity index (χ0) is 17.5. The van der Waals surface area contributed by atoms with Gasteiger partial charge in [0.2, 0.25) is 0 Å². The van der Waals surface area contributed by atoms with Gasteiger partial charge in [-0.1, -0.05) is 17.3 Å². The van der Waals surface area contributed by atoms with E-state index in [0.29, 0.717) is 6.54 Å². The average Bonchev–Trinajstić information content (AvgIpc) is 3.17. The highest BCUT2D eigenvalue weighted by molar-refractivity contribution is 5.74. The second-order valence-corrected chi connectivity index (χ2v) is 6.34. The number of urea groups is 1. The lowest BCUT2D eigenvalue weighted by Gasteiger charge is -2.22. The molecular weight excluding hydrogens is 318 g/mol. The first-order valence-corrected chi connectivity index (χ1v) is 8.85. The van der Waals surface area contributed by atoms with Crippen molar-refractivity contribution in [1.29, 1.82) is 0 Å². The average molecular weight is 343 g/mol. The maximum absolute atomic E-state index is 12.0. The van der Waals surface area contributed by atoms with Crippen molar-refractivity contribution in [3.63, 3.8) is 0 Å². The fraction of sp³-hybridized carbons (Fsp3) is 0.500. The Morgan fingerprint density at radius 2 is 2.20 bits per heavy atom. The van der Waals surface area contributed by atoms with Gasteiger partial charge in [-0.25, -0.2) is 9.48 Å². The van der Waals surface area contributed by atoms with Crippen LogP contribution in [0.5, 0.6) is 0 Å². The Kier molecular flexibility index (Phi) is 6.00. The van der Waals surface area contributed by atoms with Gasteiger partial charge in [-0.3, -0.25) is 0 Å². The molecule has 0 spiro atoms. The lowest BCUT2D eigenvalue weighted by atomic mass is 10.1. The van der Waals surface area contributed by atoms with Gasteiger partial charge in [-0.2, -0.15) is 0 Å². The van der Waals surface area contributed by atoms with Crippen LogP contribution in [0.1, 0.15) is 44.2 Å². The molecule has 25 heavy (non-hydrogen) atoms. The number of hydrogen-bond acceptors (Lipinski definition) is 4. The van der Waals surface area contributed by atoms with E-state index in [9.17, 15) is 4.79 Å². The quantitative estimate of drug-likeness (QED) is 0.845. The Balaban J connectivity index is 1.43. The van der Waals surface area contributed by atoms with E-state index in [-0.39, 0.29) is 18.2 Å². The number of hydrogen-bond donors (Lipinski definition) is 2. The van der Waals surface area contributed by atoms with E-state index in [1.807, 2.05) is 31.2 Å². The standard InChI is InChI=1S/C18H25N5O2/c1-14(15-5-7-16(8-6-15)23-12-11-20-22-23)21-18(24)19-10-9-17-4-2-3-13-25-17/h5-8,11-12,14,17H,2-4,9-10,13H2,1H3,(H2,19,21,24). The van der Waals surface area contributed by atoms with Crippen LogP contribution in [0.15, 0.2) is 36.7 Å². The number of aromatic nitrogens is 3. The van der Waals surface area contributed by atoms with Crippen molar-refractivity contribution < 1.29 is 9.53 Å². The molecule has 2 heterocycles. The van der Waals surface area contributed by atoms with Crippen molar-refractivity contribution in [2.24, 2.45) is 0 Å². The van der Waals surface area contributed by atoms with Gasteiger partial charge in [0.05, 0.1) is 30.2 Å². The molecular formula is C18H25N5O2. The van der Waals surface area contributed by atoms with Gasteiger partial charge in [-0.15, -0.1) is 5.10 Å². The minimum absolute atomic E-state index is 0.0734. The second-order valence-electron chi connectivity index (χ2n) is 6.34. The third kappa shape index (κ3) is 5.03. The lowest BCUT2D eigenvalue weighted by Crippen LogP contribution is -2.38. The lowest BCUT2D eigenvalue weighted by molar-refractivity contribution is 0.0120. The van der Waals surface area contributed by atoms with E-state index in [0.717, 1.165) is 37.1 Å². The Bertz CT molecular complexity index is 651. The van der Waals surface area contributed by atoms with Gasteiger partial charge in [0, 0.05) is 13.2 Å². The van der Waals surface area contributed by atoms with Crippen LogP contribution in [0.4, 0.5) is 4.79 Å². The number of carbonyl (C=O) groups is 1. The zero-order valence-corrected chi connectivity index (χ0v) is 14.5. The molecule has 2 atom stereocenters. The number of amides is 2. The van der Waals surface area contributed by atoms with Gasteiger partial charge in [0.15, 0.2) is 0 Å². The smallest absolute Gasteiger partial charge is 0.315 e. The molecule has 1 aliphatic rings. The Hall–Kier alpha value is -2.41. The SMILES string of the molecule is CC(NC(=O)NCCC1CCCCO1)c1ccc(-n2ccnn2)cc1. The molecule has 2 amide bonds. The molecule has 3 rings (SSSR count). The Labute approximate surface area is 147 Å². The predicted molar refractivity (Wildman–Crippen MR) is 94.5 cm³/mol. The molecule has 7 nitrogen and oxygen atoms in total. The normalized spacial score (nSPS) is 18.5. The second kappa shape index (κ2) is 8.62. The van der Waals surface area contributed by atoms with Gasteiger partial charge < -0.3 is 15.4 Å². The summed E-state index contributed by atoms with van der Waals surface area (Å²) >= 11 is 0. The van der Waals surface area contributed by atoms with Crippen molar-refractivity contribution in [3.05, 3.63) is 42.2 Å². The number of nitrogens with one attached hydrogen (secondary N) is 2. The molecule has 2 unspecified atom stereocenters. The summed E-state index contributed by atoms with van der Waals surface area (Å²) in [4.78, 5) is 12.0. The van der Waals surface area contributed by atoms with Crippen LogP contribution in [0.2, 0.25) is 0 Å². The number of rotatable bonds is 6. The third-order valence-electron chi connectivity index (χ3n) is 4.45. The third-order valence-corrected chi connectivity index (χ3v) is 4.45. The van der Waals surface area contributed by atoms with Gasteiger partial charge in [0.25, 0.3) is 0 Å². The topological polar surface area (TPSA) is 81.1 Å². The van der Waals surface area contributed by atoms with Crippen LogP contribution >= 0.6 is 0 Å². The molecule has 0 saturated carbocycles. The number of ether oxygens (including phenoxy) is 1. The van der Waals surface area contributed by atoms with Crippen LogP contribution in [-0.2, 0) is 4.74 Å². The number of nitrogens with zero attached hydrogens (tertiary/aromatic N) is 3. The van der Waals surface area contributed by atoms with E-state index < -0.39 is 0 Å². The molecule has 0 aliphatic carbocycles. The first-order chi connectivity index (χ1) is 12.2. The maximum atomic E-state index is 12.0. The summed E-state index contributed by atoms with van der Waals surface area (Å²) in [5.74, 6) is 0. The van der Waals surface area contributed by atoms with Gasteiger partial charge >= 0.3 is 6.03 Å². The maximum Gasteiger partial charge on any atom is 0.315 e. The number of benzene rings is 1. The van der Waals surface area contributed by atoms with Crippen LogP contribution in [0, 0.1) is 0 Å². The fourth-order valence-electron chi connectivity index (χ4n) is 2.97. The molecule has 134 valence electrons. The summed E-state index contributed by atoms with van der Waals surface area (Å²) in [6, 6.07) is 7.66. The van der Waals surface area contributed by atoms with E-state index in [2.05, 4.69) is 20.9 Å². The summed E-state index contributed by atoms with van der Waals surface area (Å²) in [6.45, 7) is 3.45. The van der Waals surface area contributed by atoms with E-state index in [1.165, 1.54) is 6.42 Å². The summed E-state index contributed by atoms with van der Waals surface area (Å²) in [6.07, 6.45) is 8.05. The molecule has 2 N–H and O–H groups in total. The van der Waals surface area contributed by atoms with E-state index in [1.54, 1.807) is 17.1 Å². The van der Waals surface area contributed by atoms with Crippen molar-refractivity contribution in [2.45, 2.75) is 44.8 Å². The molecule has 2 aromatic rings. The minimum Gasteiger partial charge on any atom is -0.378 e. The summed E-state index contributed by atoms with van der Waals surface area (Å²) in [5, 5.41) is 13.6. The largest absolute Gasteiger partial charge is 0.378 e. The van der Waals surface area contributed by atoms with Crippen molar-refractivity contribution in [2.75, 3.05) is 13.2 Å². The van der Waals surface area contributed by atoms with Gasteiger partial charge in [-0.05, 0) is 50.3 Å². The first-order valence-electron chi connectivity index (χ1n) is 8.85. The predicted octanol–water partition coefficient (Wildman–Crippen LogP) is 2.59. The highest BCUT2D eigenvalue weighted by Gasteiger charge is 2.14. The van der Waals surface area contributed by atoms with Crippen LogP contribution in [0.25, 0.3) is 5.69 Å². The van der Waals surface area contributed by atoms with E-state index in [4.69, 9.17) is 4.74 Å². The first kappa shape index (κ1) is 17.4. The zero-order valence-electron chi connectivity index (χ0n) is 14.5. The molecule has 1 saturated heterocycles. The minimum atomic E-state index is -0.149. The van der Waals surface area contributed by atoms with Crippen LogP contribution in [-0.4, -0.2) is 40.3 Å². The molecule has 1 aliphatic heterocycles. The van der Waals surface area contributed by atoms with Crippen molar-refractivity contribution >= 4 is 6.03 Å².